The molecular formula is C27H24FN5O2. The molecule has 176 valence electrons. The zero-order chi connectivity index (χ0) is 23.8. The first-order valence-electron chi connectivity index (χ1n) is 11.7. The second-order valence-corrected chi connectivity index (χ2v) is 8.75. The molecule has 0 radical (unpaired) electrons. The number of morpholine rings is 1. The standard InChI is InChI=1S/C27H24FN5O2/c28-21-5-1-18(2-6-21)26-30-24-8-4-20(16-25(24)31-26)19-3-7-23-22(15-19)27(34)33(17-29-23)10-9-32-11-13-35-14-12-32/h1-8,15-17H,9-14H2,(H,30,31). The molecule has 3 aromatic carbocycles. The average Bonchev–Trinajstić information content (AvgIpc) is 3.33. The zero-order valence-corrected chi connectivity index (χ0v) is 19.1. The molecule has 1 fully saturated rings. The molecule has 1 saturated heterocycles. The van der Waals surface area contributed by atoms with Crippen molar-refractivity contribution < 1.29 is 9.13 Å². The highest BCUT2D eigenvalue weighted by molar-refractivity contribution is 5.88. The predicted octanol–water partition coefficient (Wildman–Crippen LogP) is 4.08. The van der Waals surface area contributed by atoms with Crippen molar-refractivity contribution >= 4 is 21.9 Å². The van der Waals surface area contributed by atoms with Gasteiger partial charge in [-0.25, -0.2) is 14.4 Å². The maximum absolute atomic E-state index is 13.3. The summed E-state index contributed by atoms with van der Waals surface area (Å²) in [5, 5.41) is 0.601. The molecule has 2 aromatic heterocycles. The highest BCUT2D eigenvalue weighted by Crippen LogP contribution is 2.27. The Bertz CT molecular complexity index is 1570. The van der Waals surface area contributed by atoms with Gasteiger partial charge in [0.2, 0.25) is 0 Å². The van der Waals surface area contributed by atoms with Crippen LogP contribution in [0.15, 0.2) is 71.8 Å². The quantitative estimate of drug-likeness (QED) is 0.420. The molecule has 0 aliphatic carbocycles. The van der Waals surface area contributed by atoms with E-state index in [0.717, 1.165) is 60.6 Å². The summed E-state index contributed by atoms with van der Waals surface area (Å²) in [5.74, 6) is 0.404. The maximum Gasteiger partial charge on any atom is 0.261 e. The number of imidazole rings is 1. The molecule has 6 rings (SSSR count). The van der Waals surface area contributed by atoms with Crippen LogP contribution in [-0.4, -0.2) is 57.3 Å². The van der Waals surface area contributed by atoms with Gasteiger partial charge in [0.05, 0.1) is 41.5 Å². The maximum atomic E-state index is 13.3. The summed E-state index contributed by atoms with van der Waals surface area (Å²) in [6, 6.07) is 18.0. The van der Waals surface area contributed by atoms with E-state index in [-0.39, 0.29) is 11.4 Å². The van der Waals surface area contributed by atoms with Crippen molar-refractivity contribution in [3.05, 3.63) is 83.2 Å². The van der Waals surface area contributed by atoms with Gasteiger partial charge in [0.15, 0.2) is 0 Å². The zero-order valence-electron chi connectivity index (χ0n) is 19.1. The van der Waals surface area contributed by atoms with Crippen LogP contribution in [0, 0.1) is 5.82 Å². The third kappa shape index (κ3) is 4.34. The number of aromatic nitrogens is 4. The monoisotopic (exact) mass is 469 g/mol. The number of aromatic amines is 1. The fraction of sp³-hybridized carbons (Fsp3) is 0.222. The van der Waals surface area contributed by atoms with Crippen LogP contribution in [0.2, 0.25) is 0 Å². The lowest BCUT2D eigenvalue weighted by Gasteiger charge is -2.26. The SMILES string of the molecule is O=c1c2cc(-c3ccc4nc(-c5ccc(F)cc5)[nH]c4c3)ccc2ncn1CCN1CCOCC1. The van der Waals surface area contributed by atoms with Gasteiger partial charge in [-0.3, -0.25) is 14.3 Å². The van der Waals surface area contributed by atoms with E-state index in [9.17, 15) is 9.18 Å². The second-order valence-electron chi connectivity index (χ2n) is 8.75. The van der Waals surface area contributed by atoms with Crippen molar-refractivity contribution in [3.8, 4) is 22.5 Å². The number of nitrogens with zero attached hydrogens (tertiary/aromatic N) is 4. The lowest BCUT2D eigenvalue weighted by atomic mass is 10.0. The lowest BCUT2D eigenvalue weighted by Crippen LogP contribution is -2.39. The second kappa shape index (κ2) is 9.05. The number of nitrogens with one attached hydrogen (secondary N) is 1. The summed E-state index contributed by atoms with van der Waals surface area (Å²) < 4.78 is 20.4. The minimum atomic E-state index is -0.280. The van der Waals surface area contributed by atoms with Gasteiger partial charge < -0.3 is 9.72 Å². The molecule has 35 heavy (non-hydrogen) atoms. The molecule has 0 spiro atoms. The number of hydrogen-bond donors (Lipinski definition) is 1. The predicted molar refractivity (Wildman–Crippen MR) is 134 cm³/mol. The minimum absolute atomic E-state index is 0.0358. The molecule has 0 unspecified atom stereocenters. The summed E-state index contributed by atoms with van der Waals surface area (Å²) in [4.78, 5) is 28.0. The van der Waals surface area contributed by atoms with Gasteiger partial charge in [0, 0.05) is 31.7 Å². The molecule has 1 N–H and O–H groups in total. The first-order valence-corrected chi connectivity index (χ1v) is 11.7. The van der Waals surface area contributed by atoms with E-state index in [2.05, 4.69) is 19.9 Å². The molecule has 1 aliphatic rings. The third-order valence-corrected chi connectivity index (χ3v) is 6.52. The number of H-pyrrole nitrogens is 1. The van der Waals surface area contributed by atoms with E-state index in [4.69, 9.17) is 4.74 Å². The molecule has 5 aromatic rings. The van der Waals surface area contributed by atoms with Crippen molar-refractivity contribution in [2.75, 3.05) is 32.8 Å². The van der Waals surface area contributed by atoms with Crippen molar-refractivity contribution in [1.82, 2.24) is 24.4 Å². The Balaban J connectivity index is 1.31. The van der Waals surface area contributed by atoms with Gasteiger partial charge in [-0.2, -0.15) is 0 Å². The van der Waals surface area contributed by atoms with Crippen molar-refractivity contribution in [2.24, 2.45) is 0 Å². The van der Waals surface area contributed by atoms with E-state index in [0.29, 0.717) is 23.3 Å². The van der Waals surface area contributed by atoms with E-state index < -0.39 is 0 Å². The Kier molecular flexibility index (Phi) is 5.60. The Morgan fingerprint density at radius 2 is 1.60 bits per heavy atom. The third-order valence-electron chi connectivity index (χ3n) is 6.52. The number of halogens is 1. The molecule has 0 bridgehead atoms. The van der Waals surface area contributed by atoms with E-state index in [1.165, 1.54) is 12.1 Å². The van der Waals surface area contributed by atoms with Crippen LogP contribution >= 0.6 is 0 Å². The molecule has 3 heterocycles. The van der Waals surface area contributed by atoms with Gasteiger partial charge in [-0.15, -0.1) is 0 Å². The number of fused-ring (bicyclic) bond motifs is 2. The van der Waals surface area contributed by atoms with Gasteiger partial charge in [0.25, 0.3) is 5.56 Å². The first-order chi connectivity index (χ1) is 17.1. The molecule has 7 nitrogen and oxygen atoms in total. The average molecular weight is 470 g/mol. The Morgan fingerprint density at radius 1 is 0.886 bits per heavy atom. The van der Waals surface area contributed by atoms with Crippen LogP contribution in [0.4, 0.5) is 4.39 Å². The van der Waals surface area contributed by atoms with E-state index in [1.807, 2.05) is 36.4 Å². The molecule has 0 atom stereocenters. The first kappa shape index (κ1) is 21.6. The van der Waals surface area contributed by atoms with Crippen molar-refractivity contribution in [1.29, 1.82) is 0 Å². The molecule has 0 amide bonds. The summed E-state index contributed by atoms with van der Waals surface area (Å²) in [7, 11) is 0. The van der Waals surface area contributed by atoms with Gasteiger partial charge in [-0.05, 0) is 59.7 Å². The topological polar surface area (TPSA) is 76.0 Å². The largest absolute Gasteiger partial charge is 0.379 e. The fourth-order valence-corrected chi connectivity index (χ4v) is 4.51. The normalized spacial score (nSPS) is 14.7. The Hall–Kier alpha value is -3.88. The van der Waals surface area contributed by atoms with Gasteiger partial charge in [0.1, 0.15) is 11.6 Å². The number of rotatable bonds is 5. The highest BCUT2D eigenvalue weighted by atomic mass is 19.1. The Morgan fingerprint density at radius 3 is 2.40 bits per heavy atom. The van der Waals surface area contributed by atoms with Crippen molar-refractivity contribution in [2.45, 2.75) is 6.54 Å². The summed E-state index contributed by atoms with van der Waals surface area (Å²) in [6.45, 7) is 4.64. The van der Waals surface area contributed by atoms with Crippen LogP contribution in [0.3, 0.4) is 0 Å². The summed E-state index contributed by atoms with van der Waals surface area (Å²) >= 11 is 0. The Labute approximate surface area is 200 Å². The minimum Gasteiger partial charge on any atom is -0.379 e. The van der Waals surface area contributed by atoms with Crippen LogP contribution < -0.4 is 5.56 Å². The van der Waals surface area contributed by atoms with Crippen LogP contribution in [0.5, 0.6) is 0 Å². The molecular weight excluding hydrogens is 445 g/mol. The fourth-order valence-electron chi connectivity index (χ4n) is 4.51. The molecule has 0 saturated carbocycles. The van der Waals surface area contributed by atoms with E-state index >= 15 is 0 Å². The van der Waals surface area contributed by atoms with E-state index in [1.54, 1.807) is 23.0 Å². The van der Waals surface area contributed by atoms with Crippen LogP contribution in [0.25, 0.3) is 44.5 Å². The number of benzene rings is 3. The van der Waals surface area contributed by atoms with Crippen molar-refractivity contribution in [3.63, 3.8) is 0 Å². The number of ether oxygens (including phenoxy) is 1. The summed E-state index contributed by atoms with van der Waals surface area (Å²) in [6.07, 6.45) is 1.64. The number of hydrogen-bond acceptors (Lipinski definition) is 5. The van der Waals surface area contributed by atoms with Gasteiger partial charge in [-0.1, -0.05) is 12.1 Å². The van der Waals surface area contributed by atoms with Gasteiger partial charge >= 0.3 is 0 Å². The van der Waals surface area contributed by atoms with Crippen LogP contribution in [-0.2, 0) is 11.3 Å². The van der Waals surface area contributed by atoms with Crippen LogP contribution in [0.1, 0.15) is 0 Å². The summed E-state index contributed by atoms with van der Waals surface area (Å²) in [5.41, 5.74) is 5.06. The smallest absolute Gasteiger partial charge is 0.261 e. The molecule has 8 heteroatoms. The lowest BCUT2D eigenvalue weighted by molar-refractivity contribution is 0.0362. The molecule has 1 aliphatic heterocycles. The highest BCUT2D eigenvalue weighted by Gasteiger charge is 2.12.